The van der Waals surface area contributed by atoms with Gasteiger partial charge in [0.1, 0.15) is 24.0 Å². The third kappa shape index (κ3) is 6.48. The molecule has 7 nitrogen and oxygen atoms in total. The molecule has 5 rings (SSSR count). The molecule has 2 heterocycles. The van der Waals surface area contributed by atoms with Gasteiger partial charge in [0.05, 0.1) is 35.0 Å². The summed E-state index contributed by atoms with van der Waals surface area (Å²) < 4.78 is 59.0. The molecule has 0 aliphatic rings. The van der Waals surface area contributed by atoms with Gasteiger partial charge < -0.3 is 18.8 Å². The molecule has 0 amide bonds. The Morgan fingerprint density at radius 2 is 1.78 bits per heavy atom. The van der Waals surface area contributed by atoms with E-state index in [9.17, 15) is 13.2 Å². The predicted octanol–water partition coefficient (Wildman–Crippen LogP) is 6.53. The average molecular weight is 559 g/mol. The second-order valence-electron chi connectivity index (χ2n) is 9.11. The molecular formula is C31H25F3N4O3. The van der Waals surface area contributed by atoms with E-state index in [0.717, 1.165) is 17.1 Å². The lowest BCUT2D eigenvalue weighted by Gasteiger charge is -2.14. The standard InChI is InChI=1S/C31H25F3N4O3/c1-39-14-13-38-27-7-3-2-5-26(27)36-29(38)17-22-12-11-21(16-28(22)41-31(33)34)25-6-4-8-30(37-25)40-19-23-10-9-20(18-35)15-24(23)32/h2-12,15-16,31H,13-14,17,19H2,1H3. The van der Waals surface area contributed by atoms with Crippen LogP contribution in [0.3, 0.4) is 0 Å². The lowest BCUT2D eigenvalue weighted by Crippen LogP contribution is -2.10. The summed E-state index contributed by atoms with van der Waals surface area (Å²) in [5.74, 6) is 0.369. The molecule has 5 aromatic rings. The Labute approximate surface area is 234 Å². The molecule has 0 spiro atoms. The Bertz CT molecular complexity index is 1720. The number of halogens is 3. The van der Waals surface area contributed by atoms with Gasteiger partial charge in [-0.1, -0.05) is 36.4 Å². The molecule has 0 saturated heterocycles. The van der Waals surface area contributed by atoms with E-state index in [4.69, 9.17) is 24.5 Å². The molecule has 0 radical (unpaired) electrons. The van der Waals surface area contributed by atoms with Crippen LogP contribution in [0.25, 0.3) is 22.3 Å². The van der Waals surface area contributed by atoms with Crippen LogP contribution in [0.1, 0.15) is 22.5 Å². The van der Waals surface area contributed by atoms with Gasteiger partial charge in [0.15, 0.2) is 0 Å². The Morgan fingerprint density at radius 3 is 2.56 bits per heavy atom. The summed E-state index contributed by atoms with van der Waals surface area (Å²) in [6.07, 6.45) is 0.257. The molecule has 0 saturated carbocycles. The number of para-hydroxylation sites is 2. The van der Waals surface area contributed by atoms with Crippen molar-refractivity contribution in [3.8, 4) is 29.0 Å². The van der Waals surface area contributed by atoms with Crippen LogP contribution in [0.4, 0.5) is 13.2 Å². The van der Waals surface area contributed by atoms with Crippen molar-refractivity contribution >= 4 is 11.0 Å². The highest BCUT2D eigenvalue weighted by atomic mass is 19.3. The topological polar surface area (TPSA) is 82.2 Å². The molecule has 3 aromatic carbocycles. The minimum absolute atomic E-state index is 0.00984. The van der Waals surface area contributed by atoms with Crippen molar-refractivity contribution in [2.45, 2.75) is 26.2 Å². The summed E-state index contributed by atoms with van der Waals surface area (Å²) in [7, 11) is 1.62. The largest absolute Gasteiger partial charge is 0.473 e. The summed E-state index contributed by atoms with van der Waals surface area (Å²) in [4.78, 5) is 9.19. The molecule has 0 N–H and O–H groups in total. The maximum atomic E-state index is 14.2. The molecule has 10 heteroatoms. The number of nitrogens with zero attached hydrogens (tertiary/aromatic N) is 4. The number of fused-ring (bicyclic) bond motifs is 1. The van der Waals surface area contributed by atoms with E-state index < -0.39 is 12.4 Å². The first-order valence-corrected chi connectivity index (χ1v) is 12.7. The number of methoxy groups -OCH3 is 1. The summed E-state index contributed by atoms with van der Waals surface area (Å²) in [6, 6.07) is 23.7. The van der Waals surface area contributed by atoms with Crippen molar-refractivity contribution in [2.24, 2.45) is 0 Å². The van der Waals surface area contributed by atoms with Crippen LogP contribution in [-0.4, -0.2) is 34.9 Å². The Kier molecular flexibility index (Phi) is 8.46. The number of ether oxygens (including phenoxy) is 3. The molecule has 0 aliphatic carbocycles. The highest BCUT2D eigenvalue weighted by molar-refractivity contribution is 5.76. The maximum Gasteiger partial charge on any atom is 0.387 e. The summed E-state index contributed by atoms with van der Waals surface area (Å²) in [5.41, 5.74) is 3.73. The van der Waals surface area contributed by atoms with E-state index in [0.29, 0.717) is 35.8 Å². The van der Waals surface area contributed by atoms with Gasteiger partial charge in [-0.3, -0.25) is 0 Å². The molecular weight excluding hydrogens is 533 g/mol. The number of hydrogen-bond donors (Lipinski definition) is 0. The van der Waals surface area contributed by atoms with E-state index in [1.54, 1.807) is 37.4 Å². The van der Waals surface area contributed by atoms with Gasteiger partial charge in [0.2, 0.25) is 5.88 Å². The first-order valence-electron chi connectivity index (χ1n) is 12.7. The quantitative estimate of drug-likeness (QED) is 0.183. The minimum atomic E-state index is -3.03. The lowest BCUT2D eigenvalue weighted by atomic mass is 10.0. The third-order valence-corrected chi connectivity index (χ3v) is 6.46. The monoisotopic (exact) mass is 558 g/mol. The van der Waals surface area contributed by atoms with E-state index in [2.05, 4.69) is 4.98 Å². The van der Waals surface area contributed by atoms with Crippen LogP contribution in [-0.2, 0) is 24.3 Å². The van der Waals surface area contributed by atoms with E-state index >= 15 is 0 Å². The van der Waals surface area contributed by atoms with Crippen LogP contribution >= 0.6 is 0 Å². The summed E-state index contributed by atoms with van der Waals surface area (Å²) in [5, 5.41) is 8.91. The molecule has 41 heavy (non-hydrogen) atoms. The number of pyridine rings is 1. The zero-order valence-corrected chi connectivity index (χ0v) is 22.1. The first kappa shape index (κ1) is 27.7. The number of imidazole rings is 1. The van der Waals surface area contributed by atoms with Gasteiger partial charge in [-0.15, -0.1) is 0 Å². The SMILES string of the molecule is COCCn1c(Cc2ccc(-c3cccc(OCc4ccc(C#N)cc4F)n3)cc2OC(F)F)nc2ccccc21. The van der Waals surface area contributed by atoms with Crippen LogP contribution in [0.2, 0.25) is 0 Å². The molecule has 0 atom stereocenters. The highest BCUT2D eigenvalue weighted by Gasteiger charge is 2.17. The van der Waals surface area contributed by atoms with Crippen molar-refractivity contribution in [1.29, 1.82) is 5.26 Å². The molecule has 0 aliphatic heterocycles. The zero-order valence-electron chi connectivity index (χ0n) is 22.1. The van der Waals surface area contributed by atoms with Crippen LogP contribution in [0.15, 0.2) is 78.9 Å². The van der Waals surface area contributed by atoms with Gasteiger partial charge in [-0.05, 0) is 36.4 Å². The van der Waals surface area contributed by atoms with E-state index in [1.807, 2.05) is 34.9 Å². The van der Waals surface area contributed by atoms with Gasteiger partial charge in [0.25, 0.3) is 0 Å². The second kappa shape index (κ2) is 12.5. The number of nitriles is 1. The van der Waals surface area contributed by atoms with Crippen LogP contribution < -0.4 is 9.47 Å². The summed E-state index contributed by atoms with van der Waals surface area (Å²) in [6.45, 7) is -2.11. The van der Waals surface area contributed by atoms with Gasteiger partial charge >= 0.3 is 6.61 Å². The normalized spacial score (nSPS) is 11.1. The maximum absolute atomic E-state index is 14.2. The zero-order chi connectivity index (χ0) is 28.8. The first-order chi connectivity index (χ1) is 19.9. The minimum Gasteiger partial charge on any atom is -0.473 e. The van der Waals surface area contributed by atoms with Crippen molar-refractivity contribution in [2.75, 3.05) is 13.7 Å². The van der Waals surface area contributed by atoms with Crippen LogP contribution in [0, 0.1) is 17.1 Å². The van der Waals surface area contributed by atoms with E-state index in [1.165, 1.54) is 18.2 Å². The molecule has 2 aromatic heterocycles. The smallest absolute Gasteiger partial charge is 0.387 e. The fraction of sp³-hybridized carbons (Fsp3) is 0.194. The molecule has 0 unspecified atom stereocenters. The lowest BCUT2D eigenvalue weighted by molar-refractivity contribution is -0.0503. The third-order valence-electron chi connectivity index (χ3n) is 6.46. The van der Waals surface area contributed by atoms with Gasteiger partial charge in [0, 0.05) is 42.8 Å². The van der Waals surface area contributed by atoms with Crippen molar-refractivity contribution < 1.29 is 27.4 Å². The van der Waals surface area contributed by atoms with Gasteiger partial charge in [-0.25, -0.2) is 14.4 Å². The molecule has 208 valence electrons. The van der Waals surface area contributed by atoms with Crippen molar-refractivity contribution in [3.05, 3.63) is 107 Å². The number of benzene rings is 3. The van der Waals surface area contributed by atoms with Crippen molar-refractivity contribution in [3.63, 3.8) is 0 Å². The van der Waals surface area contributed by atoms with E-state index in [-0.39, 0.29) is 35.8 Å². The highest BCUT2D eigenvalue weighted by Crippen LogP contribution is 2.31. The van der Waals surface area contributed by atoms with Gasteiger partial charge in [-0.2, -0.15) is 14.0 Å². The molecule has 0 bridgehead atoms. The number of hydrogen-bond acceptors (Lipinski definition) is 6. The predicted molar refractivity (Wildman–Crippen MR) is 146 cm³/mol. The average Bonchev–Trinajstić information content (AvgIpc) is 3.32. The number of aromatic nitrogens is 3. The summed E-state index contributed by atoms with van der Waals surface area (Å²) >= 11 is 0. The van der Waals surface area contributed by atoms with Crippen molar-refractivity contribution in [1.82, 2.24) is 14.5 Å². The Balaban J connectivity index is 1.41. The number of alkyl halides is 2. The Hall–Kier alpha value is -4.88. The van der Waals surface area contributed by atoms with Crippen LogP contribution in [0.5, 0.6) is 11.6 Å². The molecule has 0 fully saturated rings. The number of rotatable bonds is 11. The fourth-order valence-electron chi connectivity index (χ4n) is 4.47. The fourth-order valence-corrected chi connectivity index (χ4v) is 4.47. The second-order valence-corrected chi connectivity index (χ2v) is 9.11. The Morgan fingerprint density at radius 1 is 0.951 bits per heavy atom.